The maximum Gasteiger partial charge on any atom is 0.0541 e. The average Bonchev–Trinajstić information content (AvgIpc) is 3.82. The van der Waals surface area contributed by atoms with Gasteiger partial charge < -0.3 is 9.47 Å². The Balaban J connectivity index is 0.898. The minimum atomic E-state index is -0.0474. The van der Waals surface area contributed by atoms with E-state index in [0.29, 0.717) is 0 Å². The van der Waals surface area contributed by atoms with Crippen LogP contribution in [0.1, 0.15) is 36.1 Å². The van der Waals surface area contributed by atoms with Gasteiger partial charge in [0.15, 0.2) is 0 Å². The second kappa shape index (κ2) is 16.0. The van der Waals surface area contributed by atoms with Gasteiger partial charge in [-0.15, -0.1) is 0 Å². The monoisotopic (exact) mass is 858 g/mol. The summed E-state index contributed by atoms with van der Waals surface area (Å²) < 4.78 is 2.44. The summed E-state index contributed by atoms with van der Waals surface area (Å²) in [5.41, 5.74) is 24.5. The summed E-state index contributed by atoms with van der Waals surface area (Å²) >= 11 is 0. The molecular weight excluding hydrogens is 809 g/mol. The van der Waals surface area contributed by atoms with Crippen molar-refractivity contribution < 1.29 is 0 Å². The third-order valence-electron chi connectivity index (χ3n) is 14.1. The van der Waals surface area contributed by atoms with E-state index in [2.05, 4.69) is 268 Å². The van der Waals surface area contributed by atoms with Crippen LogP contribution in [0.5, 0.6) is 0 Å². The zero-order chi connectivity index (χ0) is 45.2. The first-order valence-corrected chi connectivity index (χ1v) is 23.4. The van der Waals surface area contributed by atoms with Crippen molar-refractivity contribution in [1.29, 1.82) is 0 Å². The van der Waals surface area contributed by atoms with Crippen molar-refractivity contribution in [3.63, 3.8) is 0 Å². The van der Waals surface area contributed by atoms with Crippen molar-refractivity contribution >= 4 is 38.9 Å². The molecular formula is C65H50N2. The van der Waals surface area contributed by atoms with E-state index < -0.39 is 0 Å². The lowest BCUT2D eigenvalue weighted by Gasteiger charge is -2.26. The van der Waals surface area contributed by atoms with Crippen LogP contribution in [-0.4, -0.2) is 4.57 Å². The molecule has 1 aromatic heterocycles. The molecule has 1 aliphatic rings. The molecule has 2 heteroatoms. The van der Waals surface area contributed by atoms with Crippen LogP contribution >= 0.6 is 0 Å². The minimum Gasteiger partial charge on any atom is -0.311 e. The third-order valence-corrected chi connectivity index (χ3v) is 14.1. The molecule has 67 heavy (non-hydrogen) atoms. The summed E-state index contributed by atoms with van der Waals surface area (Å²) in [6.07, 6.45) is 0. The fourth-order valence-electron chi connectivity index (χ4n) is 10.5. The molecule has 0 aliphatic heterocycles. The molecule has 0 unspecified atom stereocenters. The van der Waals surface area contributed by atoms with Crippen LogP contribution in [-0.2, 0) is 5.41 Å². The Morgan fingerprint density at radius 3 is 1.39 bits per heavy atom. The van der Waals surface area contributed by atoms with Gasteiger partial charge in [-0.1, -0.05) is 177 Å². The van der Waals surface area contributed by atoms with Crippen molar-refractivity contribution in [2.75, 3.05) is 4.90 Å². The van der Waals surface area contributed by atoms with E-state index >= 15 is 0 Å². The van der Waals surface area contributed by atoms with E-state index in [1.807, 2.05) is 0 Å². The Hall–Kier alpha value is -8.20. The average molecular weight is 859 g/mol. The molecule has 0 spiro atoms. The zero-order valence-electron chi connectivity index (χ0n) is 38.3. The molecule has 12 rings (SSSR count). The Morgan fingerprint density at radius 2 is 0.776 bits per heavy atom. The van der Waals surface area contributed by atoms with Gasteiger partial charge >= 0.3 is 0 Å². The lowest BCUT2D eigenvalue weighted by atomic mass is 9.81. The number of aryl methyl sites for hydroxylation is 2. The van der Waals surface area contributed by atoms with E-state index in [0.717, 1.165) is 22.7 Å². The van der Waals surface area contributed by atoms with Crippen LogP contribution in [0.25, 0.3) is 83.1 Å². The fourth-order valence-corrected chi connectivity index (χ4v) is 10.5. The topological polar surface area (TPSA) is 8.17 Å². The van der Waals surface area contributed by atoms with Crippen LogP contribution in [0.15, 0.2) is 231 Å². The standard InChI is InChI=1S/C65H50N2/c1-43-19-28-53(29-20-43)66(55-32-24-48(25-33-55)50-26-35-58-57-34-21-44(2)37-61(57)65(3,4)62(58)42-50)54-30-22-47(23-31-54)49-27-36-64-60(41-49)59-17-11-12-18-63(59)67(64)56-39-51(45-13-7-5-8-14-45)38-52(40-56)46-15-9-6-10-16-46/h5-42H,1-4H3. The highest BCUT2D eigenvalue weighted by molar-refractivity contribution is 6.10. The predicted molar refractivity (Wildman–Crippen MR) is 284 cm³/mol. The molecule has 1 aliphatic carbocycles. The number of aromatic nitrogens is 1. The summed E-state index contributed by atoms with van der Waals surface area (Å²) in [7, 11) is 0. The van der Waals surface area contributed by atoms with Crippen LogP contribution in [0, 0.1) is 13.8 Å². The number of nitrogens with zero attached hydrogens (tertiary/aromatic N) is 2. The molecule has 10 aromatic carbocycles. The van der Waals surface area contributed by atoms with Gasteiger partial charge in [-0.3, -0.25) is 0 Å². The summed E-state index contributed by atoms with van der Waals surface area (Å²) in [5.74, 6) is 0. The maximum atomic E-state index is 2.44. The van der Waals surface area contributed by atoms with Crippen molar-refractivity contribution in [2.45, 2.75) is 33.1 Å². The molecule has 0 saturated carbocycles. The van der Waals surface area contributed by atoms with Crippen molar-refractivity contribution in [1.82, 2.24) is 4.57 Å². The first kappa shape index (κ1) is 40.3. The zero-order valence-corrected chi connectivity index (χ0v) is 38.3. The molecule has 11 aromatic rings. The summed E-state index contributed by atoms with van der Waals surface area (Å²) in [6.45, 7) is 9.06. The molecule has 1 heterocycles. The predicted octanol–water partition coefficient (Wildman–Crippen LogP) is 17.8. The highest BCUT2D eigenvalue weighted by Gasteiger charge is 2.35. The van der Waals surface area contributed by atoms with Gasteiger partial charge in [0.05, 0.1) is 11.0 Å². The van der Waals surface area contributed by atoms with Gasteiger partial charge in [-0.05, 0) is 159 Å². The molecule has 0 atom stereocenters. The Labute approximate surface area is 393 Å². The second-order valence-corrected chi connectivity index (χ2v) is 18.8. The number of hydrogen-bond donors (Lipinski definition) is 0. The molecule has 320 valence electrons. The number of rotatable bonds is 8. The number of fused-ring (bicyclic) bond motifs is 6. The van der Waals surface area contributed by atoms with Gasteiger partial charge in [0, 0.05) is 38.9 Å². The number of benzene rings is 10. The normalized spacial score (nSPS) is 12.6. The molecule has 0 N–H and O–H groups in total. The van der Waals surface area contributed by atoms with Crippen LogP contribution in [0.3, 0.4) is 0 Å². The first-order valence-electron chi connectivity index (χ1n) is 23.4. The molecule has 0 radical (unpaired) electrons. The first-order chi connectivity index (χ1) is 32.8. The fraction of sp³-hybridized carbons (Fsp3) is 0.0769. The van der Waals surface area contributed by atoms with Crippen molar-refractivity contribution in [3.8, 4) is 61.3 Å². The van der Waals surface area contributed by atoms with Gasteiger partial charge in [-0.25, -0.2) is 0 Å². The molecule has 0 bridgehead atoms. The maximum absolute atomic E-state index is 2.44. The van der Waals surface area contributed by atoms with Gasteiger partial charge in [0.2, 0.25) is 0 Å². The van der Waals surface area contributed by atoms with E-state index in [4.69, 9.17) is 0 Å². The van der Waals surface area contributed by atoms with Crippen molar-refractivity contribution in [2.24, 2.45) is 0 Å². The van der Waals surface area contributed by atoms with Gasteiger partial charge in [0.1, 0.15) is 0 Å². The van der Waals surface area contributed by atoms with Gasteiger partial charge in [0.25, 0.3) is 0 Å². The minimum absolute atomic E-state index is 0.0474. The molecule has 0 saturated heterocycles. The van der Waals surface area contributed by atoms with Crippen LogP contribution in [0.2, 0.25) is 0 Å². The lowest BCUT2D eigenvalue weighted by molar-refractivity contribution is 0.660. The summed E-state index contributed by atoms with van der Waals surface area (Å²) in [5, 5.41) is 2.47. The van der Waals surface area contributed by atoms with E-state index in [9.17, 15) is 0 Å². The Kier molecular flexibility index (Phi) is 9.66. The largest absolute Gasteiger partial charge is 0.311 e. The van der Waals surface area contributed by atoms with E-state index in [1.54, 1.807) is 0 Å². The van der Waals surface area contributed by atoms with E-state index in [-0.39, 0.29) is 5.41 Å². The molecule has 0 fully saturated rings. The number of anilines is 3. The smallest absolute Gasteiger partial charge is 0.0541 e. The third kappa shape index (κ3) is 7.05. The highest BCUT2D eigenvalue weighted by Crippen LogP contribution is 2.50. The Bertz CT molecular complexity index is 3580. The second-order valence-electron chi connectivity index (χ2n) is 18.8. The Morgan fingerprint density at radius 1 is 0.328 bits per heavy atom. The summed E-state index contributed by atoms with van der Waals surface area (Å²) in [6, 6.07) is 85.1. The van der Waals surface area contributed by atoms with E-state index in [1.165, 1.54) is 99.7 Å². The van der Waals surface area contributed by atoms with Crippen molar-refractivity contribution in [3.05, 3.63) is 253 Å². The van der Waals surface area contributed by atoms with Crippen LogP contribution in [0.4, 0.5) is 17.1 Å². The highest BCUT2D eigenvalue weighted by atomic mass is 15.1. The summed E-state index contributed by atoms with van der Waals surface area (Å²) in [4.78, 5) is 2.36. The van der Waals surface area contributed by atoms with Crippen LogP contribution < -0.4 is 4.90 Å². The number of hydrogen-bond acceptors (Lipinski definition) is 1. The SMILES string of the molecule is Cc1ccc(N(c2ccc(-c3ccc4c(c3)C(C)(C)c3cc(C)ccc3-4)cc2)c2ccc(-c3ccc4c(c3)c3ccccc3n4-c3cc(-c4ccccc4)cc(-c4ccccc4)c3)cc2)cc1. The van der Waals surface area contributed by atoms with Gasteiger partial charge in [-0.2, -0.15) is 0 Å². The number of para-hydroxylation sites is 1. The molecule has 2 nitrogen and oxygen atoms in total. The molecule has 0 amide bonds. The lowest BCUT2D eigenvalue weighted by Crippen LogP contribution is -2.15. The quantitative estimate of drug-likeness (QED) is 0.148.